The quantitative estimate of drug-likeness (QED) is 0.770. The molecule has 19 heavy (non-hydrogen) atoms. The van der Waals surface area contributed by atoms with Gasteiger partial charge in [-0.1, -0.05) is 12.7 Å². The molecule has 3 N–H and O–H groups in total. The molecule has 0 aromatic carbocycles. The molecule has 1 aromatic rings. The third-order valence-corrected chi connectivity index (χ3v) is 3.46. The highest BCUT2D eigenvalue weighted by molar-refractivity contribution is 5.83. The summed E-state index contributed by atoms with van der Waals surface area (Å²) in [6, 6.07) is 0. The first kappa shape index (κ1) is 12.2. The number of aliphatic hydroxyl groups is 1. The zero-order valence-electron chi connectivity index (χ0n) is 10.7. The van der Waals surface area contributed by atoms with Crippen LogP contribution in [0, 0.1) is 0 Å². The lowest BCUT2D eigenvalue weighted by Crippen LogP contribution is -2.19. The molecule has 100 valence electrons. The number of aliphatic hydroxyl groups excluding tert-OH is 1. The van der Waals surface area contributed by atoms with Gasteiger partial charge in [0.1, 0.15) is 11.9 Å². The van der Waals surface area contributed by atoms with Crippen LogP contribution in [0.4, 0.5) is 0 Å². The number of aliphatic imine (C=N–C) groups is 1. The number of nitrogens with two attached hydrogens (primary N) is 1. The van der Waals surface area contributed by atoms with Gasteiger partial charge in [0, 0.05) is 12.5 Å². The van der Waals surface area contributed by atoms with Gasteiger partial charge in [-0.15, -0.1) is 0 Å². The van der Waals surface area contributed by atoms with Gasteiger partial charge in [-0.25, -0.2) is 9.98 Å². The summed E-state index contributed by atoms with van der Waals surface area (Å²) in [6.45, 7) is 2.00. The first-order valence-corrected chi connectivity index (χ1v) is 6.35. The van der Waals surface area contributed by atoms with Crippen LogP contribution in [0.1, 0.15) is 37.4 Å². The SMILES string of the molecule is CC[C@H]1O[C@@H](n2cnc3c2C=C=C(N)N=C3)CC1O. The van der Waals surface area contributed by atoms with Crippen molar-refractivity contribution in [2.45, 2.75) is 38.2 Å². The molecule has 0 saturated carbocycles. The summed E-state index contributed by atoms with van der Waals surface area (Å²) in [4.78, 5) is 8.30. The van der Waals surface area contributed by atoms with Crippen LogP contribution >= 0.6 is 0 Å². The van der Waals surface area contributed by atoms with Crippen molar-refractivity contribution in [3.8, 4) is 0 Å². The Balaban J connectivity index is 1.95. The molecular weight excluding hydrogens is 244 g/mol. The second kappa shape index (κ2) is 4.66. The Morgan fingerprint density at radius 1 is 1.63 bits per heavy atom. The summed E-state index contributed by atoms with van der Waals surface area (Å²) in [5.74, 6) is 0.323. The summed E-state index contributed by atoms with van der Waals surface area (Å²) >= 11 is 0. The standard InChI is InChI=1S/C13H16N4O2/c1-2-11-10(18)5-13(19-11)17-7-16-8-6-15-12(14)4-3-9(8)17/h3,6-7,10-11,13,18H,2,5,14H2,1H3/t10?,11-,13-/m1/s1. The van der Waals surface area contributed by atoms with Crippen LogP contribution in [-0.4, -0.2) is 33.1 Å². The van der Waals surface area contributed by atoms with E-state index in [1.807, 2.05) is 11.5 Å². The lowest BCUT2D eigenvalue weighted by Gasteiger charge is -2.15. The van der Waals surface area contributed by atoms with Gasteiger partial charge in [0.25, 0.3) is 0 Å². The average Bonchev–Trinajstić information content (AvgIpc) is 2.92. The fourth-order valence-corrected chi connectivity index (χ4v) is 2.43. The number of imidazole rings is 1. The third kappa shape index (κ3) is 2.10. The number of rotatable bonds is 2. The largest absolute Gasteiger partial charge is 0.390 e. The van der Waals surface area contributed by atoms with E-state index in [4.69, 9.17) is 10.5 Å². The zero-order chi connectivity index (χ0) is 13.4. The van der Waals surface area contributed by atoms with Crippen LogP contribution in [0.2, 0.25) is 0 Å². The topological polar surface area (TPSA) is 85.7 Å². The van der Waals surface area contributed by atoms with E-state index in [9.17, 15) is 5.11 Å². The van der Waals surface area contributed by atoms with Gasteiger partial charge in [-0.2, -0.15) is 0 Å². The van der Waals surface area contributed by atoms with E-state index in [2.05, 4.69) is 15.7 Å². The molecule has 1 saturated heterocycles. The molecule has 6 heteroatoms. The highest BCUT2D eigenvalue weighted by atomic mass is 16.5. The molecule has 6 nitrogen and oxygen atoms in total. The molecule has 2 aliphatic rings. The highest BCUT2D eigenvalue weighted by Crippen LogP contribution is 2.32. The Labute approximate surface area is 110 Å². The van der Waals surface area contributed by atoms with Crippen LogP contribution in [0.5, 0.6) is 0 Å². The van der Waals surface area contributed by atoms with Gasteiger partial charge in [0.15, 0.2) is 5.82 Å². The molecule has 1 fully saturated rings. The van der Waals surface area contributed by atoms with Gasteiger partial charge in [0.2, 0.25) is 0 Å². The van der Waals surface area contributed by atoms with Gasteiger partial charge >= 0.3 is 0 Å². The van der Waals surface area contributed by atoms with E-state index in [1.165, 1.54) is 0 Å². The summed E-state index contributed by atoms with van der Waals surface area (Å²) in [7, 11) is 0. The summed E-state index contributed by atoms with van der Waals surface area (Å²) in [6.07, 6.45) is 5.65. The smallest absolute Gasteiger partial charge is 0.168 e. The minimum atomic E-state index is -0.433. The van der Waals surface area contributed by atoms with Crippen molar-refractivity contribution in [1.82, 2.24) is 9.55 Å². The normalized spacial score (nSPS) is 29.2. The molecule has 0 amide bonds. The molecule has 3 rings (SSSR count). The lowest BCUT2D eigenvalue weighted by atomic mass is 10.1. The van der Waals surface area contributed by atoms with Gasteiger partial charge in [-0.3, -0.25) is 0 Å². The Kier molecular flexibility index (Phi) is 2.98. The molecule has 0 radical (unpaired) electrons. The third-order valence-electron chi connectivity index (χ3n) is 3.46. The molecule has 1 aromatic heterocycles. The fraction of sp³-hybridized carbons (Fsp3) is 0.462. The van der Waals surface area contributed by atoms with Crippen LogP contribution in [0.3, 0.4) is 0 Å². The zero-order valence-corrected chi connectivity index (χ0v) is 10.7. The molecule has 2 aliphatic heterocycles. The molecule has 0 spiro atoms. The average molecular weight is 260 g/mol. The van der Waals surface area contributed by atoms with Crippen LogP contribution in [-0.2, 0) is 4.74 Å². The van der Waals surface area contributed by atoms with Crippen LogP contribution in [0.15, 0.2) is 22.9 Å². The van der Waals surface area contributed by atoms with Crippen molar-refractivity contribution in [3.05, 3.63) is 29.3 Å². The monoisotopic (exact) mass is 260 g/mol. The van der Waals surface area contributed by atoms with Crippen LogP contribution < -0.4 is 5.73 Å². The molecular formula is C13H16N4O2. The Bertz CT molecular complexity index is 583. The highest BCUT2D eigenvalue weighted by Gasteiger charge is 2.34. The molecule has 3 atom stereocenters. The summed E-state index contributed by atoms with van der Waals surface area (Å²) in [5.41, 5.74) is 10.1. The minimum absolute atomic E-state index is 0.118. The summed E-state index contributed by atoms with van der Waals surface area (Å²) in [5, 5.41) is 9.92. The number of hydrogen-bond donors (Lipinski definition) is 2. The maximum atomic E-state index is 9.92. The molecule has 0 bridgehead atoms. The second-order valence-corrected chi connectivity index (χ2v) is 4.69. The maximum absolute atomic E-state index is 9.92. The van der Waals surface area contributed by atoms with Gasteiger partial charge in [-0.05, 0) is 6.42 Å². The predicted molar refractivity (Wildman–Crippen MR) is 70.3 cm³/mol. The molecule has 1 unspecified atom stereocenters. The van der Waals surface area contributed by atoms with Crippen molar-refractivity contribution < 1.29 is 9.84 Å². The first-order chi connectivity index (χ1) is 9.19. The number of ether oxygens (including phenoxy) is 1. The van der Waals surface area contributed by atoms with Crippen molar-refractivity contribution in [2.75, 3.05) is 0 Å². The lowest BCUT2D eigenvalue weighted by molar-refractivity contribution is -0.0200. The van der Waals surface area contributed by atoms with E-state index in [0.717, 1.165) is 17.8 Å². The maximum Gasteiger partial charge on any atom is 0.168 e. The number of nitrogens with zero attached hydrogens (tertiary/aromatic N) is 3. The second-order valence-electron chi connectivity index (χ2n) is 4.69. The van der Waals surface area contributed by atoms with Gasteiger partial charge in [0.05, 0.1) is 30.4 Å². The van der Waals surface area contributed by atoms with Crippen molar-refractivity contribution >= 4 is 12.3 Å². The van der Waals surface area contributed by atoms with E-state index in [1.54, 1.807) is 18.6 Å². The van der Waals surface area contributed by atoms with Crippen LogP contribution in [0.25, 0.3) is 6.08 Å². The molecule has 3 heterocycles. The van der Waals surface area contributed by atoms with E-state index < -0.39 is 6.10 Å². The minimum Gasteiger partial charge on any atom is -0.390 e. The van der Waals surface area contributed by atoms with Gasteiger partial charge < -0.3 is 20.1 Å². The van der Waals surface area contributed by atoms with E-state index >= 15 is 0 Å². The Morgan fingerprint density at radius 2 is 2.47 bits per heavy atom. The van der Waals surface area contributed by atoms with E-state index in [0.29, 0.717) is 12.2 Å². The number of fused-ring (bicyclic) bond motifs is 1. The molecule has 0 aliphatic carbocycles. The van der Waals surface area contributed by atoms with Crippen molar-refractivity contribution in [1.29, 1.82) is 0 Å². The summed E-state index contributed by atoms with van der Waals surface area (Å²) < 4.78 is 7.74. The number of hydrogen-bond acceptors (Lipinski definition) is 5. The number of aromatic nitrogens is 2. The van der Waals surface area contributed by atoms with Crippen molar-refractivity contribution in [3.63, 3.8) is 0 Å². The first-order valence-electron chi connectivity index (χ1n) is 6.35. The Hall–Kier alpha value is -1.88. The van der Waals surface area contributed by atoms with E-state index in [-0.39, 0.29) is 12.3 Å². The Morgan fingerprint density at radius 3 is 3.21 bits per heavy atom. The predicted octanol–water partition coefficient (Wildman–Crippen LogP) is 0.786. The fourth-order valence-electron chi connectivity index (χ4n) is 2.43. The van der Waals surface area contributed by atoms with Crippen molar-refractivity contribution in [2.24, 2.45) is 10.7 Å².